The number of urea groups is 1. The summed E-state index contributed by atoms with van der Waals surface area (Å²) in [6.07, 6.45) is 1.59. The average Bonchev–Trinajstić information content (AvgIpc) is 2.50. The molecule has 0 spiro atoms. The summed E-state index contributed by atoms with van der Waals surface area (Å²) in [5, 5.41) is 11.8. The summed E-state index contributed by atoms with van der Waals surface area (Å²) in [7, 11) is 0. The van der Waals surface area contributed by atoms with Crippen LogP contribution < -0.4 is 16.3 Å². The first-order valence-corrected chi connectivity index (χ1v) is 6.08. The van der Waals surface area contributed by atoms with Crippen molar-refractivity contribution >= 4 is 17.5 Å². The van der Waals surface area contributed by atoms with Gasteiger partial charge >= 0.3 is 6.03 Å². The molecule has 8 heteroatoms. The molecule has 0 saturated carbocycles. The Kier molecular flexibility index (Phi) is 5.16. The second kappa shape index (κ2) is 7.53. The number of benzene rings is 1. The van der Waals surface area contributed by atoms with Crippen LogP contribution in [-0.2, 0) is 6.54 Å². The van der Waals surface area contributed by atoms with Crippen molar-refractivity contribution in [2.24, 2.45) is 10.3 Å². The van der Waals surface area contributed by atoms with Crippen LogP contribution in [0.1, 0.15) is 5.56 Å². The van der Waals surface area contributed by atoms with Crippen LogP contribution in [0, 0.1) is 0 Å². The van der Waals surface area contributed by atoms with E-state index in [0.29, 0.717) is 11.5 Å². The van der Waals surface area contributed by atoms with E-state index in [9.17, 15) is 9.28 Å². The van der Waals surface area contributed by atoms with Gasteiger partial charge in [-0.25, -0.2) is 9.78 Å². The third-order valence-corrected chi connectivity index (χ3v) is 2.48. The third-order valence-electron chi connectivity index (χ3n) is 2.48. The molecular weight excluding hydrogens is 275 g/mol. The molecule has 2 rings (SSSR count). The maximum Gasteiger partial charge on any atom is 0.324 e. The highest BCUT2D eigenvalue weighted by Crippen LogP contribution is 2.11. The Morgan fingerprint density at radius 1 is 1.14 bits per heavy atom. The zero-order valence-electron chi connectivity index (χ0n) is 11.0. The van der Waals surface area contributed by atoms with E-state index < -0.39 is 0 Å². The molecule has 0 atom stereocenters. The molecule has 0 unspecified atom stereocenters. The van der Waals surface area contributed by atoms with Crippen molar-refractivity contribution in [2.75, 3.05) is 10.6 Å². The SMILES string of the molecule is O=C(Nc1ccc(CN=NNF)cc1)Nc1ccccn1. The van der Waals surface area contributed by atoms with Crippen molar-refractivity contribution in [3.8, 4) is 0 Å². The maximum atomic E-state index is 11.7. The number of aromatic nitrogens is 1. The first kappa shape index (κ1) is 14.4. The van der Waals surface area contributed by atoms with Gasteiger partial charge in [-0.15, -0.1) is 5.65 Å². The standard InChI is InChI=1S/C13H13FN6O/c14-19-20-16-9-10-4-6-11(7-5-10)17-13(21)18-12-3-1-2-8-15-12/h1-8H,9H2,(H,16,19)(H2,15,17,18,21). The third kappa shape index (κ3) is 4.86. The monoisotopic (exact) mass is 288 g/mol. The van der Waals surface area contributed by atoms with Crippen LogP contribution in [0.5, 0.6) is 0 Å². The number of hydrogen-bond donors (Lipinski definition) is 3. The Balaban J connectivity index is 1.88. The van der Waals surface area contributed by atoms with E-state index in [2.05, 4.69) is 26.0 Å². The maximum absolute atomic E-state index is 11.7. The number of hydrogen-bond acceptors (Lipinski definition) is 4. The van der Waals surface area contributed by atoms with Gasteiger partial charge in [0.2, 0.25) is 0 Å². The molecular formula is C13H13FN6O. The van der Waals surface area contributed by atoms with Crippen molar-refractivity contribution < 1.29 is 9.28 Å². The summed E-state index contributed by atoms with van der Waals surface area (Å²) >= 11 is 0. The molecule has 7 nitrogen and oxygen atoms in total. The van der Waals surface area contributed by atoms with Crippen molar-refractivity contribution in [3.05, 3.63) is 54.2 Å². The fourth-order valence-corrected chi connectivity index (χ4v) is 1.55. The second-order valence-electron chi connectivity index (χ2n) is 3.98. The highest BCUT2D eigenvalue weighted by Gasteiger charge is 2.02. The normalized spacial score (nSPS) is 10.3. The summed E-state index contributed by atoms with van der Waals surface area (Å²) in [6, 6.07) is 11.8. The van der Waals surface area contributed by atoms with Gasteiger partial charge < -0.3 is 5.32 Å². The number of rotatable bonds is 5. The molecule has 0 aliphatic rings. The van der Waals surface area contributed by atoms with E-state index in [-0.39, 0.29) is 12.6 Å². The largest absolute Gasteiger partial charge is 0.324 e. The summed E-state index contributed by atoms with van der Waals surface area (Å²) < 4.78 is 11.5. The predicted octanol–water partition coefficient (Wildman–Crippen LogP) is 3.07. The summed E-state index contributed by atoms with van der Waals surface area (Å²) in [5.41, 5.74) is 2.54. The minimum atomic E-state index is -0.386. The topological polar surface area (TPSA) is 90.8 Å². The lowest BCUT2D eigenvalue weighted by Crippen LogP contribution is -2.19. The smallest absolute Gasteiger partial charge is 0.308 e. The van der Waals surface area contributed by atoms with Crippen LogP contribution in [0.25, 0.3) is 0 Å². The first-order valence-electron chi connectivity index (χ1n) is 6.08. The molecule has 0 saturated heterocycles. The van der Waals surface area contributed by atoms with Gasteiger partial charge in [-0.1, -0.05) is 22.7 Å². The van der Waals surface area contributed by atoms with Crippen LogP contribution in [0.2, 0.25) is 0 Å². The lowest BCUT2D eigenvalue weighted by atomic mass is 10.2. The number of carbonyl (C=O) groups is 1. The van der Waals surface area contributed by atoms with Crippen molar-refractivity contribution in [2.45, 2.75) is 6.54 Å². The molecule has 3 N–H and O–H groups in total. The zero-order chi connectivity index (χ0) is 14.9. The molecule has 0 bridgehead atoms. The molecule has 2 aromatic rings. The number of carbonyl (C=O) groups excluding carboxylic acids is 1. The molecule has 0 radical (unpaired) electrons. The van der Waals surface area contributed by atoms with Gasteiger partial charge in [-0.3, -0.25) is 5.32 Å². The highest BCUT2D eigenvalue weighted by molar-refractivity contribution is 5.99. The van der Waals surface area contributed by atoms with Gasteiger partial charge in [0.05, 0.1) is 6.54 Å². The number of anilines is 2. The number of amides is 2. The highest BCUT2D eigenvalue weighted by atomic mass is 19.2. The minimum absolute atomic E-state index is 0.247. The molecule has 0 fully saturated rings. The molecule has 1 aromatic heterocycles. The van der Waals surface area contributed by atoms with E-state index in [0.717, 1.165) is 11.2 Å². The lowest BCUT2D eigenvalue weighted by Gasteiger charge is -2.07. The molecule has 108 valence electrons. The van der Waals surface area contributed by atoms with Gasteiger partial charge in [-0.2, -0.15) is 5.11 Å². The number of halogens is 1. The Morgan fingerprint density at radius 2 is 1.95 bits per heavy atom. The van der Waals surface area contributed by atoms with E-state index >= 15 is 0 Å². The van der Waals surface area contributed by atoms with Crippen molar-refractivity contribution in [1.29, 1.82) is 0 Å². The molecule has 2 amide bonds. The molecule has 0 aliphatic carbocycles. The number of pyridine rings is 1. The predicted molar refractivity (Wildman–Crippen MR) is 76.1 cm³/mol. The van der Waals surface area contributed by atoms with E-state index in [1.54, 1.807) is 48.7 Å². The van der Waals surface area contributed by atoms with Gasteiger partial charge in [0, 0.05) is 11.9 Å². The molecule has 1 heterocycles. The molecule has 21 heavy (non-hydrogen) atoms. The van der Waals surface area contributed by atoms with E-state index in [4.69, 9.17) is 0 Å². The second-order valence-corrected chi connectivity index (χ2v) is 3.98. The van der Waals surface area contributed by atoms with E-state index in [1.807, 2.05) is 0 Å². The first-order chi connectivity index (χ1) is 10.3. The Bertz CT molecular complexity index is 602. The van der Waals surface area contributed by atoms with Crippen LogP contribution in [0.15, 0.2) is 59.0 Å². The average molecular weight is 288 g/mol. The van der Waals surface area contributed by atoms with Crippen LogP contribution in [0.4, 0.5) is 20.8 Å². The quantitative estimate of drug-likeness (QED) is 0.448. The fraction of sp³-hybridized carbons (Fsp3) is 0.0769. The van der Waals surface area contributed by atoms with Crippen LogP contribution in [0.3, 0.4) is 0 Å². The van der Waals surface area contributed by atoms with Crippen LogP contribution in [-0.4, -0.2) is 11.0 Å². The van der Waals surface area contributed by atoms with Crippen molar-refractivity contribution in [3.63, 3.8) is 0 Å². The van der Waals surface area contributed by atoms with E-state index in [1.165, 1.54) is 0 Å². The number of nitrogens with one attached hydrogen (secondary N) is 3. The van der Waals surface area contributed by atoms with Gasteiger partial charge in [0.1, 0.15) is 5.82 Å². The van der Waals surface area contributed by atoms with Gasteiger partial charge in [0.25, 0.3) is 0 Å². The minimum Gasteiger partial charge on any atom is -0.308 e. The lowest BCUT2D eigenvalue weighted by molar-refractivity contribution is 0.262. The van der Waals surface area contributed by atoms with Crippen LogP contribution >= 0.6 is 0 Å². The van der Waals surface area contributed by atoms with Gasteiger partial charge in [0.15, 0.2) is 0 Å². The zero-order valence-corrected chi connectivity index (χ0v) is 11.0. The van der Waals surface area contributed by atoms with Gasteiger partial charge in [-0.05, 0) is 35.1 Å². The van der Waals surface area contributed by atoms with Crippen molar-refractivity contribution in [1.82, 2.24) is 10.6 Å². The Labute approximate surface area is 120 Å². The Morgan fingerprint density at radius 3 is 2.62 bits per heavy atom. The number of nitrogens with zero attached hydrogens (tertiary/aromatic N) is 3. The fourth-order valence-electron chi connectivity index (χ4n) is 1.55. The molecule has 0 aliphatic heterocycles. The summed E-state index contributed by atoms with van der Waals surface area (Å²) in [5.74, 6) is 0.464. The summed E-state index contributed by atoms with van der Waals surface area (Å²) in [4.78, 5) is 15.7. The molecule has 1 aromatic carbocycles. The summed E-state index contributed by atoms with van der Waals surface area (Å²) in [6.45, 7) is 0.247. The Hall–Kier alpha value is -3.03.